The van der Waals surface area contributed by atoms with Gasteiger partial charge in [0, 0.05) is 26.2 Å². The lowest BCUT2D eigenvalue weighted by Gasteiger charge is -2.06. The molecule has 1 aromatic carbocycles. The van der Waals surface area contributed by atoms with Crippen LogP contribution in [0.5, 0.6) is 0 Å². The lowest BCUT2D eigenvalue weighted by Crippen LogP contribution is -2.05. The number of rotatable bonds is 4. The van der Waals surface area contributed by atoms with E-state index in [1.54, 1.807) is 22.9 Å². The van der Waals surface area contributed by atoms with Crippen LogP contribution in [0.3, 0.4) is 0 Å². The van der Waals surface area contributed by atoms with Crippen LogP contribution in [0.1, 0.15) is 21.9 Å². The number of carboxylic acids is 1. The zero-order valence-electron chi connectivity index (χ0n) is 11.9. The highest BCUT2D eigenvalue weighted by Crippen LogP contribution is 2.18. The Balaban J connectivity index is 1.94. The van der Waals surface area contributed by atoms with E-state index in [-0.39, 0.29) is 5.56 Å². The van der Waals surface area contributed by atoms with E-state index in [1.807, 2.05) is 30.8 Å². The molecule has 3 aromatic rings. The molecule has 0 unspecified atom stereocenters. The van der Waals surface area contributed by atoms with Crippen LogP contribution in [0.25, 0.3) is 11.0 Å². The molecule has 2 aromatic heterocycles. The molecule has 0 fully saturated rings. The van der Waals surface area contributed by atoms with Gasteiger partial charge < -0.3 is 9.67 Å². The van der Waals surface area contributed by atoms with Crippen LogP contribution in [-0.4, -0.2) is 30.4 Å². The molecule has 1 N–H and O–H groups in total. The Hall–Kier alpha value is -2.63. The molecule has 6 heteroatoms. The normalized spacial score (nSPS) is 11.1. The third-order valence-electron chi connectivity index (χ3n) is 3.55. The Morgan fingerprint density at radius 3 is 2.81 bits per heavy atom. The maximum atomic E-state index is 11.1. The molecule has 0 aliphatic carbocycles. The summed E-state index contributed by atoms with van der Waals surface area (Å²) in [6.45, 7) is 2.65. The SMILES string of the molecule is Cc1nc2ccc(C(=O)O)cc2n1CCc1ccn(C)n1. The van der Waals surface area contributed by atoms with Crippen molar-refractivity contribution in [2.45, 2.75) is 19.9 Å². The third kappa shape index (κ3) is 2.52. The van der Waals surface area contributed by atoms with Crippen LogP contribution < -0.4 is 0 Å². The van der Waals surface area contributed by atoms with E-state index in [2.05, 4.69) is 10.1 Å². The van der Waals surface area contributed by atoms with Gasteiger partial charge in [0.25, 0.3) is 0 Å². The first-order valence-electron chi connectivity index (χ1n) is 6.73. The van der Waals surface area contributed by atoms with Gasteiger partial charge in [-0.3, -0.25) is 4.68 Å². The van der Waals surface area contributed by atoms with E-state index in [9.17, 15) is 4.79 Å². The first kappa shape index (κ1) is 13.4. The van der Waals surface area contributed by atoms with Gasteiger partial charge >= 0.3 is 5.97 Å². The minimum absolute atomic E-state index is 0.279. The molecule has 0 spiro atoms. The molecule has 6 nitrogen and oxygen atoms in total. The molecule has 0 radical (unpaired) electrons. The maximum absolute atomic E-state index is 11.1. The summed E-state index contributed by atoms with van der Waals surface area (Å²) < 4.78 is 3.81. The van der Waals surface area contributed by atoms with E-state index in [4.69, 9.17) is 5.11 Å². The monoisotopic (exact) mass is 284 g/mol. The highest BCUT2D eigenvalue weighted by molar-refractivity contribution is 5.92. The number of aromatic nitrogens is 4. The maximum Gasteiger partial charge on any atom is 0.335 e. The Bertz CT molecular complexity index is 816. The molecule has 0 aliphatic heterocycles. The summed E-state index contributed by atoms with van der Waals surface area (Å²) in [5, 5.41) is 13.5. The second-order valence-electron chi connectivity index (χ2n) is 5.05. The number of benzene rings is 1. The van der Waals surface area contributed by atoms with Crippen molar-refractivity contribution < 1.29 is 9.90 Å². The number of nitrogens with zero attached hydrogens (tertiary/aromatic N) is 4. The lowest BCUT2D eigenvalue weighted by atomic mass is 10.2. The first-order chi connectivity index (χ1) is 10.0. The van der Waals surface area contributed by atoms with Crippen LogP contribution in [0, 0.1) is 6.92 Å². The smallest absolute Gasteiger partial charge is 0.335 e. The minimum atomic E-state index is -0.924. The molecule has 0 bridgehead atoms. The molecule has 108 valence electrons. The summed E-state index contributed by atoms with van der Waals surface area (Å²) in [7, 11) is 1.89. The first-order valence-corrected chi connectivity index (χ1v) is 6.73. The highest BCUT2D eigenvalue weighted by atomic mass is 16.4. The van der Waals surface area contributed by atoms with Gasteiger partial charge in [0.2, 0.25) is 0 Å². The van der Waals surface area contributed by atoms with Crippen molar-refractivity contribution >= 4 is 17.0 Å². The van der Waals surface area contributed by atoms with E-state index in [1.165, 1.54) is 0 Å². The molecule has 0 atom stereocenters. The Kier molecular flexibility index (Phi) is 3.21. The number of carboxylic acid groups (broad SMARTS) is 1. The molecule has 0 aliphatic rings. The van der Waals surface area contributed by atoms with Crippen molar-refractivity contribution in [1.29, 1.82) is 0 Å². The summed E-state index contributed by atoms with van der Waals surface area (Å²) in [5.74, 6) is -0.0458. The molecular formula is C15H16N4O2. The van der Waals surface area contributed by atoms with Crippen molar-refractivity contribution in [1.82, 2.24) is 19.3 Å². The number of aryl methyl sites for hydroxylation is 4. The lowest BCUT2D eigenvalue weighted by molar-refractivity contribution is 0.0697. The van der Waals surface area contributed by atoms with Crippen LogP contribution in [-0.2, 0) is 20.0 Å². The van der Waals surface area contributed by atoms with Crippen molar-refractivity contribution in [3.63, 3.8) is 0 Å². The zero-order valence-corrected chi connectivity index (χ0v) is 11.9. The van der Waals surface area contributed by atoms with Gasteiger partial charge in [-0.15, -0.1) is 0 Å². The average Bonchev–Trinajstić information content (AvgIpc) is 2.98. The van der Waals surface area contributed by atoms with E-state index < -0.39 is 5.97 Å². The summed E-state index contributed by atoms with van der Waals surface area (Å²) >= 11 is 0. The molecule has 0 saturated heterocycles. The van der Waals surface area contributed by atoms with Gasteiger partial charge in [-0.05, 0) is 31.2 Å². The van der Waals surface area contributed by atoms with E-state index in [0.717, 1.165) is 35.5 Å². The van der Waals surface area contributed by atoms with Crippen LogP contribution >= 0.6 is 0 Å². The summed E-state index contributed by atoms with van der Waals surface area (Å²) in [6, 6.07) is 7.00. The predicted octanol–water partition coefficient (Wildman–Crippen LogP) is 2.02. The number of aromatic carboxylic acids is 1. The number of carbonyl (C=O) groups is 1. The van der Waals surface area contributed by atoms with E-state index >= 15 is 0 Å². The van der Waals surface area contributed by atoms with E-state index in [0.29, 0.717) is 0 Å². The number of hydrogen-bond donors (Lipinski definition) is 1. The van der Waals surface area contributed by atoms with Gasteiger partial charge in [-0.1, -0.05) is 0 Å². The fourth-order valence-electron chi connectivity index (χ4n) is 2.48. The number of imidazole rings is 1. The van der Waals surface area contributed by atoms with Gasteiger partial charge in [-0.2, -0.15) is 5.10 Å². The fraction of sp³-hybridized carbons (Fsp3) is 0.267. The van der Waals surface area contributed by atoms with Gasteiger partial charge in [0.05, 0.1) is 22.3 Å². The van der Waals surface area contributed by atoms with Crippen LogP contribution in [0.15, 0.2) is 30.5 Å². The quantitative estimate of drug-likeness (QED) is 0.795. The largest absolute Gasteiger partial charge is 0.478 e. The Morgan fingerprint density at radius 1 is 1.33 bits per heavy atom. The molecule has 21 heavy (non-hydrogen) atoms. The Labute approximate surface area is 121 Å². The number of hydrogen-bond acceptors (Lipinski definition) is 3. The standard InChI is InChI=1S/C15H16N4O2/c1-10-16-13-4-3-11(15(20)21)9-14(13)19(10)8-6-12-5-7-18(2)17-12/h3-5,7,9H,6,8H2,1-2H3,(H,20,21). The van der Waals surface area contributed by atoms with Crippen LogP contribution in [0.2, 0.25) is 0 Å². The summed E-state index contributed by atoms with van der Waals surface area (Å²) in [6.07, 6.45) is 2.70. The second kappa shape index (κ2) is 5.05. The topological polar surface area (TPSA) is 72.9 Å². The average molecular weight is 284 g/mol. The van der Waals surface area contributed by atoms with Crippen molar-refractivity contribution in [3.8, 4) is 0 Å². The second-order valence-corrected chi connectivity index (χ2v) is 5.05. The molecule has 0 saturated carbocycles. The number of fused-ring (bicyclic) bond motifs is 1. The highest BCUT2D eigenvalue weighted by Gasteiger charge is 2.11. The molecule has 0 amide bonds. The summed E-state index contributed by atoms with van der Waals surface area (Å²) in [4.78, 5) is 15.6. The minimum Gasteiger partial charge on any atom is -0.478 e. The predicted molar refractivity (Wildman–Crippen MR) is 78.3 cm³/mol. The van der Waals surface area contributed by atoms with Gasteiger partial charge in [0.15, 0.2) is 0 Å². The van der Waals surface area contributed by atoms with Crippen LogP contribution in [0.4, 0.5) is 0 Å². The van der Waals surface area contributed by atoms with Gasteiger partial charge in [-0.25, -0.2) is 9.78 Å². The van der Waals surface area contributed by atoms with Crippen molar-refractivity contribution in [2.24, 2.45) is 7.05 Å². The fourth-order valence-corrected chi connectivity index (χ4v) is 2.48. The zero-order chi connectivity index (χ0) is 15.0. The Morgan fingerprint density at radius 2 is 2.14 bits per heavy atom. The molecule has 3 rings (SSSR count). The third-order valence-corrected chi connectivity index (χ3v) is 3.55. The molecule has 2 heterocycles. The van der Waals surface area contributed by atoms with Crippen molar-refractivity contribution in [3.05, 3.63) is 47.5 Å². The van der Waals surface area contributed by atoms with Crippen molar-refractivity contribution in [2.75, 3.05) is 0 Å². The van der Waals surface area contributed by atoms with Gasteiger partial charge in [0.1, 0.15) is 5.82 Å². The summed E-state index contributed by atoms with van der Waals surface area (Å²) in [5.41, 5.74) is 2.96. The molecular weight excluding hydrogens is 268 g/mol.